The zero-order valence-corrected chi connectivity index (χ0v) is 28.1. The number of likely N-dealkylation sites (tertiary alicyclic amines) is 1. The summed E-state index contributed by atoms with van der Waals surface area (Å²) in [7, 11) is 1.32. The molecule has 2 heterocycles. The summed E-state index contributed by atoms with van der Waals surface area (Å²) >= 11 is 0. The predicted molar refractivity (Wildman–Crippen MR) is 168 cm³/mol. The number of amides is 7. The number of fused-ring (bicyclic) bond motifs is 2. The van der Waals surface area contributed by atoms with Crippen LogP contribution in [-0.4, -0.2) is 96.0 Å². The molecule has 4 N–H and O–H groups in total. The van der Waals surface area contributed by atoms with Crippen LogP contribution in [0.5, 0.6) is 0 Å². The first-order chi connectivity index (χ1) is 21.2. The lowest BCUT2D eigenvalue weighted by atomic mass is 9.85. The second-order valence-corrected chi connectivity index (χ2v) is 15.2. The van der Waals surface area contributed by atoms with Crippen LogP contribution in [0.1, 0.15) is 76.1 Å². The molecular weight excluding hydrogens is 592 g/mol. The number of hydrogen-bond donors (Lipinski definition) is 4. The number of carbonyl (C=O) groups is 7. The van der Waals surface area contributed by atoms with Crippen molar-refractivity contribution in [3.05, 3.63) is 35.4 Å². The normalized spacial score (nSPS) is 22.8. The van der Waals surface area contributed by atoms with E-state index in [-0.39, 0.29) is 23.8 Å². The highest BCUT2D eigenvalue weighted by molar-refractivity contribution is 6.37. The quantitative estimate of drug-likeness (QED) is 0.233. The number of imide groups is 1. The van der Waals surface area contributed by atoms with Crippen molar-refractivity contribution in [2.24, 2.45) is 28.1 Å². The van der Waals surface area contributed by atoms with E-state index < -0.39 is 76.9 Å². The van der Waals surface area contributed by atoms with Gasteiger partial charge in [-0.25, -0.2) is 4.79 Å². The highest BCUT2D eigenvalue weighted by Gasteiger charge is 2.69. The van der Waals surface area contributed by atoms with Crippen LogP contribution in [0, 0.1) is 28.1 Å². The van der Waals surface area contributed by atoms with Gasteiger partial charge in [0, 0.05) is 13.6 Å². The summed E-state index contributed by atoms with van der Waals surface area (Å²) in [5.41, 5.74) is -0.925. The van der Waals surface area contributed by atoms with Gasteiger partial charge in [-0.05, 0) is 40.2 Å². The van der Waals surface area contributed by atoms with Crippen molar-refractivity contribution >= 4 is 41.4 Å². The number of Topliss-reactive ketones (excluding diaryl/α,β-unsaturated/α-hetero) is 1. The Hall–Kier alpha value is -4.29. The van der Waals surface area contributed by atoms with E-state index in [9.17, 15) is 33.6 Å². The number of likely N-dealkylation sites (N-methyl/N-ethyl adjacent to an activating group) is 1. The molecule has 4 rings (SSSR count). The Morgan fingerprint density at radius 1 is 0.913 bits per heavy atom. The average molecular weight is 639 g/mol. The lowest BCUT2D eigenvalue weighted by Crippen LogP contribution is -2.62. The molecule has 7 amide bonds. The Morgan fingerprint density at radius 3 is 1.98 bits per heavy atom. The van der Waals surface area contributed by atoms with Crippen molar-refractivity contribution in [1.82, 2.24) is 31.1 Å². The zero-order valence-electron chi connectivity index (χ0n) is 28.1. The molecule has 13 nitrogen and oxygen atoms in total. The molecule has 1 aromatic rings. The van der Waals surface area contributed by atoms with Gasteiger partial charge in [0.15, 0.2) is 0 Å². The van der Waals surface area contributed by atoms with Gasteiger partial charge in [0.2, 0.25) is 17.6 Å². The number of urea groups is 1. The monoisotopic (exact) mass is 638 g/mol. The maximum absolute atomic E-state index is 14.2. The first kappa shape index (κ1) is 34.6. The van der Waals surface area contributed by atoms with Crippen molar-refractivity contribution in [2.45, 2.75) is 73.5 Å². The van der Waals surface area contributed by atoms with E-state index in [1.807, 2.05) is 34.6 Å². The van der Waals surface area contributed by atoms with Crippen LogP contribution in [0.25, 0.3) is 0 Å². The second-order valence-electron chi connectivity index (χ2n) is 15.2. The number of carbonyl (C=O) groups excluding carboxylic acids is 7. The van der Waals surface area contributed by atoms with Gasteiger partial charge in [-0.1, -0.05) is 67.5 Å². The first-order valence-corrected chi connectivity index (χ1v) is 15.6. The number of benzene rings is 1. The summed E-state index contributed by atoms with van der Waals surface area (Å²) in [6.07, 6.45) is 0. The van der Waals surface area contributed by atoms with E-state index in [1.165, 1.54) is 11.9 Å². The number of rotatable bonds is 9. The van der Waals surface area contributed by atoms with Gasteiger partial charge in [-0.3, -0.25) is 33.7 Å². The van der Waals surface area contributed by atoms with Gasteiger partial charge in [0.1, 0.15) is 12.1 Å². The fraction of sp³-hybridized carbons (Fsp3) is 0.606. The SMILES string of the molecule is CNC(=O)C(=O)CNC(=O)[C@@H]1[C@@H]2[C@H](CN1C(=O)[C@@H](NC(=O)N[C@H](CN1C(=O)c3ccccc3C1=O)C(C)(C)C)C(C)(C)C)C2(C)C. The molecule has 0 bridgehead atoms. The molecular formula is C33H46N6O7. The first-order valence-electron chi connectivity index (χ1n) is 15.6. The van der Waals surface area contributed by atoms with Crippen LogP contribution in [0.4, 0.5) is 4.79 Å². The molecule has 0 aromatic heterocycles. The van der Waals surface area contributed by atoms with Gasteiger partial charge < -0.3 is 26.2 Å². The Balaban J connectivity index is 1.50. The van der Waals surface area contributed by atoms with Crippen molar-refractivity contribution in [1.29, 1.82) is 0 Å². The number of ketones is 1. The summed E-state index contributed by atoms with van der Waals surface area (Å²) in [6.45, 7) is 14.8. The zero-order chi connectivity index (χ0) is 34.5. The van der Waals surface area contributed by atoms with Crippen LogP contribution in [-0.2, 0) is 19.2 Å². The molecule has 2 aliphatic heterocycles. The van der Waals surface area contributed by atoms with Crippen LogP contribution < -0.4 is 21.3 Å². The predicted octanol–water partition coefficient (Wildman–Crippen LogP) is 1.33. The minimum Gasteiger partial charge on any atom is -0.353 e. The van der Waals surface area contributed by atoms with E-state index in [0.717, 1.165) is 4.90 Å². The number of nitrogens with one attached hydrogen (secondary N) is 4. The van der Waals surface area contributed by atoms with Crippen LogP contribution >= 0.6 is 0 Å². The molecule has 1 saturated carbocycles. The maximum atomic E-state index is 14.2. The largest absolute Gasteiger partial charge is 0.353 e. The fourth-order valence-electron chi connectivity index (χ4n) is 6.57. The smallest absolute Gasteiger partial charge is 0.315 e. The van der Waals surface area contributed by atoms with E-state index >= 15 is 0 Å². The molecule has 0 unspecified atom stereocenters. The molecule has 1 saturated heterocycles. The standard InChI is InChI=1S/C33H46N6O7/c1-31(2,3)21(16-39-27(43)17-12-10-11-13-18(17)28(39)44)36-30(46)37-24(32(4,5)6)29(45)38-15-19-22(33(19,7)8)23(38)26(42)35-14-20(40)25(41)34-9/h10-13,19,21-24H,14-16H2,1-9H3,(H,34,41)(H,35,42)(H2,36,37,46)/t19-,21+,22-,23-,24+/m0/s1. The minimum absolute atomic E-state index is 0.0567. The van der Waals surface area contributed by atoms with Crippen LogP contribution in [0.15, 0.2) is 24.3 Å². The summed E-state index contributed by atoms with van der Waals surface area (Å²) in [6, 6.07) is 3.32. The highest BCUT2D eigenvalue weighted by atomic mass is 16.2. The average Bonchev–Trinajstić information content (AvgIpc) is 3.24. The van der Waals surface area contributed by atoms with E-state index in [1.54, 1.807) is 45.0 Å². The van der Waals surface area contributed by atoms with E-state index in [0.29, 0.717) is 17.7 Å². The third-order valence-electron chi connectivity index (χ3n) is 9.65. The maximum Gasteiger partial charge on any atom is 0.315 e. The number of piperidine rings is 1. The lowest BCUT2D eigenvalue weighted by molar-refractivity contribution is -0.144. The molecule has 1 aliphatic carbocycles. The van der Waals surface area contributed by atoms with Crippen molar-refractivity contribution in [3.63, 3.8) is 0 Å². The summed E-state index contributed by atoms with van der Waals surface area (Å²) < 4.78 is 0. The summed E-state index contributed by atoms with van der Waals surface area (Å²) in [5.74, 6) is -3.58. The molecule has 5 atom stereocenters. The topological polar surface area (TPSA) is 174 Å². The van der Waals surface area contributed by atoms with Gasteiger partial charge in [-0.2, -0.15) is 0 Å². The van der Waals surface area contributed by atoms with Gasteiger partial charge in [0.25, 0.3) is 17.7 Å². The summed E-state index contributed by atoms with van der Waals surface area (Å²) in [4.78, 5) is 93.5. The van der Waals surface area contributed by atoms with E-state index in [2.05, 4.69) is 21.3 Å². The van der Waals surface area contributed by atoms with Crippen LogP contribution in [0.3, 0.4) is 0 Å². The van der Waals surface area contributed by atoms with Crippen molar-refractivity contribution in [2.75, 3.05) is 26.7 Å². The van der Waals surface area contributed by atoms with Gasteiger partial charge >= 0.3 is 6.03 Å². The Kier molecular flexibility index (Phi) is 9.13. The molecule has 250 valence electrons. The molecule has 2 fully saturated rings. The fourth-order valence-corrected chi connectivity index (χ4v) is 6.57. The molecule has 0 spiro atoms. The van der Waals surface area contributed by atoms with E-state index in [4.69, 9.17) is 0 Å². The molecule has 3 aliphatic rings. The van der Waals surface area contributed by atoms with Crippen LogP contribution in [0.2, 0.25) is 0 Å². The van der Waals surface area contributed by atoms with Gasteiger partial charge in [-0.15, -0.1) is 0 Å². The van der Waals surface area contributed by atoms with Gasteiger partial charge in [0.05, 0.1) is 30.3 Å². The van der Waals surface area contributed by atoms with Crippen molar-refractivity contribution < 1.29 is 33.6 Å². The molecule has 0 radical (unpaired) electrons. The lowest BCUT2D eigenvalue weighted by Gasteiger charge is -2.38. The Bertz CT molecular complexity index is 1440. The highest BCUT2D eigenvalue weighted by Crippen LogP contribution is 2.65. The molecule has 13 heteroatoms. The number of nitrogens with zero attached hydrogens (tertiary/aromatic N) is 2. The molecule has 1 aromatic carbocycles. The third-order valence-corrected chi connectivity index (χ3v) is 9.65. The Labute approximate surface area is 269 Å². The molecule has 46 heavy (non-hydrogen) atoms. The summed E-state index contributed by atoms with van der Waals surface area (Å²) in [5, 5.41) is 10.5. The number of hydrogen-bond acceptors (Lipinski definition) is 7. The minimum atomic E-state index is -1.05. The van der Waals surface area contributed by atoms with Crippen molar-refractivity contribution in [3.8, 4) is 0 Å². The Morgan fingerprint density at radius 2 is 1.48 bits per heavy atom. The second kappa shape index (κ2) is 12.1. The third kappa shape index (κ3) is 6.50.